The number of benzene rings is 1. The van der Waals surface area contributed by atoms with Gasteiger partial charge in [0.05, 0.1) is 11.6 Å². The zero-order valence-electron chi connectivity index (χ0n) is 14.0. The average molecular weight is 332 g/mol. The maximum Gasteiger partial charge on any atom is 0.251 e. The van der Waals surface area contributed by atoms with E-state index in [-0.39, 0.29) is 5.91 Å². The molecule has 0 saturated carbocycles. The van der Waals surface area contributed by atoms with Crippen LogP contribution in [-0.4, -0.2) is 24.0 Å². The van der Waals surface area contributed by atoms with Gasteiger partial charge in [0.25, 0.3) is 5.91 Å². The number of carbonyl (C=O) groups excluding carboxylic acids is 1. The van der Waals surface area contributed by atoms with Crippen molar-refractivity contribution >= 4 is 17.2 Å². The Bertz CT molecular complexity index is 637. The van der Waals surface area contributed by atoms with Crippen LogP contribution in [0, 0.1) is 12.8 Å². The second-order valence-electron chi connectivity index (χ2n) is 5.97. The van der Waals surface area contributed by atoms with Crippen LogP contribution in [0.3, 0.4) is 0 Å². The molecular weight excluding hydrogens is 308 g/mol. The third kappa shape index (κ3) is 6.02. The predicted molar refractivity (Wildman–Crippen MR) is 94.3 cm³/mol. The van der Waals surface area contributed by atoms with Gasteiger partial charge in [0.2, 0.25) is 0 Å². The number of amides is 1. The van der Waals surface area contributed by atoms with Gasteiger partial charge in [-0.05, 0) is 37.5 Å². The van der Waals surface area contributed by atoms with E-state index in [1.807, 2.05) is 25.1 Å². The molecule has 0 atom stereocenters. The number of aromatic nitrogens is 1. The third-order valence-corrected chi connectivity index (χ3v) is 4.23. The van der Waals surface area contributed by atoms with Gasteiger partial charge in [0.15, 0.2) is 0 Å². The summed E-state index contributed by atoms with van der Waals surface area (Å²) >= 11 is 1.67. The average Bonchev–Trinajstić information content (AvgIpc) is 2.95. The summed E-state index contributed by atoms with van der Waals surface area (Å²) in [5, 5.41) is 6.13. The molecule has 0 aliphatic heterocycles. The number of thiazole rings is 1. The number of carbonyl (C=O) groups is 1. The van der Waals surface area contributed by atoms with Crippen molar-refractivity contribution in [3.8, 4) is 5.75 Å². The third-order valence-electron chi connectivity index (χ3n) is 3.20. The maximum absolute atomic E-state index is 12.2. The molecule has 1 heterocycles. The van der Waals surface area contributed by atoms with E-state index in [0.717, 1.165) is 29.3 Å². The number of nitrogens with one attached hydrogen (secondary N) is 1. The van der Waals surface area contributed by atoms with E-state index >= 15 is 0 Å². The Hall–Kier alpha value is -1.88. The molecule has 0 fully saturated rings. The van der Waals surface area contributed by atoms with Crippen LogP contribution in [0.5, 0.6) is 5.75 Å². The summed E-state index contributed by atoms with van der Waals surface area (Å²) in [5.74, 6) is 1.14. The van der Waals surface area contributed by atoms with Crippen LogP contribution >= 0.6 is 11.3 Å². The van der Waals surface area contributed by atoms with Gasteiger partial charge >= 0.3 is 0 Å². The van der Waals surface area contributed by atoms with Gasteiger partial charge in [-0.15, -0.1) is 11.3 Å². The lowest BCUT2D eigenvalue weighted by atomic mass is 10.2. The minimum Gasteiger partial charge on any atom is -0.493 e. The van der Waals surface area contributed by atoms with E-state index < -0.39 is 0 Å². The molecule has 0 saturated heterocycles. The van der Waals surface area contributed by atoms with Crippen LogP contribution in [0.1, 0.15) is 41.3 Å². The molecule has 2 rings (SSSR count). The van der Waals surface area contributed by atoms with Crippen molar-refractivity contribution in [3.05, 3.63) is 45.9 Å². The molecule has 23 heavy (non-hydrogen) atoms. The number of hydrogen-bond acceptors (Lipinski definition) is 4. The highest BCUT2D eigenvalue weighted by molar-refractivity contribution is 7.09. The van der Waals surface area contributed by atoms with Crippen LogP contribution in [0.25, 0.3) is 0 Å². The first-order valence-corrected chi connectivity index (χ1v) is 8.84. The highest BCUT2D eigenvalue weighted by atomic mass is 32.1. The maximum atomic E-state index is 12.2. The molecular formula is C18H24N2O2S. The van der Waals surface area contributed by atoms with Crippen LogP contribution in [-0.2, 0) is 6.42 Å². The van der Waals surface area contributed by atoms with Crippen molar-refractivity contribution in [3.63, 3.8) is 0 Å². The Morgan fingerprint density at radius 3 is 2.91 bits per heavy atom. The molecule has 1 N–H and O–H groups in total. The Balaban J connectivity index is 1.77. The summed E-state index contributed by atoms with van der Waals surface area (Å²) in [7, 11) is 0. The van der Waals surface area contributed by atoms with E-state index in [4.69, 9.17) is 4.74 Å². The molecule has 0 radical (unpaired) electrons. The summed E-state index contributed by atoms with van der Waals surface area (Å²) in [6.45, 7) is 7.49. The van der Waals surface area contributed by atoms with Gasteiger partial charge in [-0.2, -0.15) is 0 Å². The highest BCUT2D eigenvalue weighted by Crippen LogP contribution is 2.14. The summed E-state index contributed by atoms with van der Waals surface area (Å²) < 4.78 is 5.66. The fraction of sp³-hybridized carbons (Fsp3) is 0.444. The summed E-state index contributed by atoms with van der Waals surface area (Å²) in [6.07, 6.45) is 1.79. The fourth-order valence-electron chi connectivity index (χ4n) is 2.05. The molecule has 5 heteroatoms. The lowest BCUT2D eigenvalue weighted by Crippen LogP contribution is -2.24. The molecule has 0 aliphatic rings. The zero-order valence-corrected chi connectivity index (χ0v) is 14.8. The van der Waals surface area contributed by atoms with Crippen LogP contribution in [0.15, 0.2) is 29.6 Å². The Kier molecular flexibility index (Phi) is 6.59. The molecule has 2 aromatic rings. The number of aryl methyl sites for hydroxylation is 2. The Labute approximate surface area is 141 Å². The highest BCUT2D eigenvalue weighted by Gasteiger charge is 2.07. The number of rotatable bonds is 8. The molecule has 0 unspecified atom stereocenters. The first kappa shape index (κ1) is 17.5. The minimum atomic E-state index is -0.0599. The SMILES string of the molecule is Cc1csc(CCCNC(=O)c2cccc(OCC(C)C)c2)n1. The van der Waals surface area contributed by atoms with Crippen LogP contribution < -0.4 is 10.1 Å². The topological polar surface area (TPSA) is 51.2 Å². The zero-order chi connectivity index (χ0) is 16.7. The van der Waals surface area contributed by atoms with Gasteiger partial charge in [-0.25, -0.2) is 4.98 Å². The fourth-order valence-corrected chi connectivity index (χ4v) is 2.87. The monoisotopic (exact) mass is 332 g/mol. The van der Waals surface area contributed by atoms with Crippen molar-refractivity contribution < 1.29 is 9.53 Å². The smallest absolute Gasteiger partial charge is 0.251 e. The first-order chi connectivity index (χ1) is 11.0. The van der Waals surface area contributed by atoms with Gasteiger partial charge in [0, 0.05) is 29.6 Å². The first-order valence-electron chi connectivity index (χ1n) is 7.96. The summed E-state index contributed by atoms with van der Waals surface area (Å²) in [5.41, 5.74) is 1.70. The standard InChI is InChI=1S/C18H24N2O2S/c1-13(2)11-22-16-7-4-6-15(10-16)18(21)19-9-5-8-17-20-14(3)12-23-17/h4,6-7,10,12-13H,5,8-9,11H2,1-3H3,(H,19,21). The Morgan fingerprint density at radius 1 is 1.39 bits per heavy atom. The van der Waals surface area contributed by atoms with E-state index in [1.54, 1.807) is 17.4 Å². The largest absolute Gasteiger partial charge is 0.493 e. The lowest BCUT2D eigenvalue weighted by molar-refractivity contribution is 0.0952. The summed E-state index contributed by atoms with van der Waals surface area (Å²) in [4.78, 5) is 16.6. The van der Waals surface area contributed by atoms with Gasteiger partial charge < -0.3 is 10.1 Å². The molecule has 124 valence electrons. The van der Waals surface area contributed by atoms with Crippen LogP contribution in [0.2, 0.25) is 0 Å². The van der Waals surface area contributed by atoms with Gasteiger partial charge in [-0.1, -0.05) is 19.9 Å². The lowest BCUT2D eigenvalue weighted by Gasteiger charge is -2.10. The van der Waals surface area contributed by atoms with E-state index in [9.17, 15) is 4.79 Å². The Morgan fingerprint density at radius 2 is 2.22 bits per heavy atom. The molecule has 4 nitrogen and oxygen atoms in total. The predicted octanol–water partition coefficient (Wildman–Crippen LogP) is 3.85. The number of nitrogens with zero attached hydrogens (tertiary/aromatic N) is 1. The van der Waals surface area contributed by atoms with Crippen molar-refractivity contribution in [2.75, 3.05) is 13.2 Å². The van der Waals surface area contributed by atoms with Crippen molar-refractivity contribution in [1.82, 2.24) is 10.3 Å². The molecule has 1 aromatic heterocycles. The van der Waals surface area contributed by atoms with Crippen molar-refractivity contribution in [2.45, 2.75) is 33.6 Å². The normalized spacial score (nSPS) is 10.8. The van der Waals surface area contributed by atoms with E-state index in [0.29, 0.717) is 24.6 Å². The van der Waals surface area contributed by atoms with Gasteiger partial charge in [-0.3, -0.25) is 4.79 Å². The minimum absolute atomic E-state index is 0.0599. The molecule has 0 bridgehead atoms. The molecule has 0 aliphatic carbocycles. The second kappa shape index (κ2) is 8.67. The van der Waals surface area contributed by atoms with Crippen molar-refractivity contribution in [1.29, 1.82) is 0 Å². The van der Waals surface area contributed by atoms with Crippen LogP contribution in [0.4, 0.5) is 0 Å². The van der Waals surface area contributed by atoms with E-state index in [2.05, 4.69) is 29.5 Å². The second-order valence-corrected chi connectivity index (χ2v) is 6.92. The molecule has 1 aromatic carbocycles. The molecule has 0 spiro atoms. The van der Waals surface area contributed by atoms with Crippen molar-refractivity contribution in [2.24, 2.45) is 5.92 Å². The van der Waals surface area contributed by atoms with E-state index in [1.165, 1.54) is 0 Å². The quantitative estimate of drug-likeness (QED) is 0.747. The number of ether oxygens (including phenoxy) is 1. The number of hydrogen-bond donors (Lipinski definition) is 1. The molecule has 1 amide bonds. The summed E-state index contributed by atoms with van der Waals surface area (Å²) in [6, 6.07) is 7.33. The van der Waals surface area contributed by atoms with Gasteiger partial charge in [0.1, 0.15) is 5.75 Å².